The Kier molecular flexibility index (Phi) is 5.11. The summed E-state index contributed by atoms with van der Waals surface area (Å²) in [6, 6.07) is 11.4. The van der Waals surface area contributed by atoms with Crippen molar-refractivity contribution in [3.05, 3.63) is 74.6 Å². The number of hydrogen-bond donors (Lipinski definition) is 0. The Morgan fingerprint density at radius 1 is 1.17 bits per heavy atom. The molecule has 1 fully saturated rings. The fraction of sp³-hybridized carbons (Fsp3) is 0.227. The molecule has 2 aromatic carbocycles. The lowest BCUT2D eigenvalue weighted by atomic mass is 10.1. The van der Waals surface area contributed by atoms with E-state index >= 15 is 0 Å². The molecule has 0 saturated carbocycles. The van der Waals surface area contributed by atoms with E-state index in [9.17, 15) is 14.4 Å². The van der Waals surface area contributed by atoms with Crippen molar-refractivity contribution in [3.63, 3.8) is 0 Å². The zero-order chi connectivity index (χ0) is 20.5. The first kappa shape index (κ1) is 19.2. The number of amides is 1. The quantitative estimate of drug-likeness (QED) is 0.474. The molecule has 1 aromatic heterocycles. The van der Waals surface area contributed by atoms with E-state index in [0.29, 0.717) is 40.1 Å². The van der Waals surface area contributed by atoms with Crippen LogP contribution in [-0.2, 0) is 16.1 Å². The van der Waals surface area contributed by atoms with Gasteiger partial charge in [-0.1, -0.05) is 11.6 Å². The van der Waals surface area contributed by atoms with Crippen LogP contribution in [0.3, 0.4) is 0 Å². The lowest BCUT2D eigenvalue weighted by Crippen LogP contribution is -2.23. The molecule has 0 atom stereocenters. The van der Waals surface area contributed by atoms with Crippen LogP contribution < -0.4 is 10.5 Å². The second kappa shape index (κ2) is 7.72. The number of carbonyl (C=O) groups is 2. The van der Waals surface area contributed by atoms with Gasteiger partial charge in [-0.2, -0.15) is 0 Å². The van der Waals surface area contributed by atoms with Gasteiger partial charge in [-0.15, -0.1) is 0 Å². The predicted octanol–water partition coefficient (Wildman–Crippen LogP) is 4.24. The first-order chi connectivity index (χ1) is 13.9. The van der Waals surface area contributed by atoms with E-state index in [0.717, 1.165) is 17.7 Å². The van der Waals surface area contributed by atoms with Crippen molar-refractivity contribution >= 4 is 40.1 Å². The number of aryl methyl sites for hydroxylation is 1. The molecule has 0 N–H and O–H groups in total. The lowest BCUT2D eigenvalue weighted by molar-refractivity contribution is -0.117. The summed E-state index contributed by atoms with van der Waals surface area (Å²) in [5.74, 6) is -0.437. The number of nitrogens with zero attached hydrogens (tertiary/aromatic N) is 1. The molecule has 6 nitrogen and oxygen atoms in total. The van der Waals surface area contributed by atoms with Gasteiger partial charge >= 0.3 is 11.6 Å². The van der Waals surface area contributed by atoms with Crippen molar-refractivity contribution in [2.45, 2.75) is 26.4 Å². The molecular formula is C22H18ClNO5. The van der Waals surface area contributed by atoms with E-state index in [4.69, 9.17) is 20.8 Å². The fourth-order valence-electron chi connectivity index (χ4n) is 3.39. The molecule has 0 radical (unpaired) electrons. The van der Waals surface area contributed by atoms with Gasteiger partial charge in [-0.05, 0) is 55.3 Å². The number of halogens is 1. The minimum atomic E-state index is -0.524. The summed E-state index contributed by atoms with van der Waals surface area (Å²) in [5.41, 5.74) is 2.30. The van der Waals surface area contributed by atoms with Crippen molar-refractivity contribution in [2.24, 2.45) is 0 Å². The zero-order valence-electron chi connectivity index (χ0n) is 15.7. The van der Waals surface area contributed by atoms with E-state index in [1.54, 1.807) is 41.3 Å². The summed E-state index contributed by atoms with van der Waals surface area (Å²) >= 11 is 6.18. The van der Waals surface area contributed by atoms with E-state index in [1.165, 1.54) is 6.07 Å². The third-order valence-electron chi connectivity index (χ3n) is 4.96. The summed E-state index contributed by atoms with van der Waals surface area (Å²) in [6.07, 6.45) is 1.39. The SMILES string of the molecule is Cc1cc2oc(=O)cc(COC(=O)c3ccc(N4CCCC4=O)cc3)c2cc1Cl. The van der Waals surface area contributed by atoms with Gasteiger partial charge in [0.2, 0.25) is 5.91 Å². The maximum atomic E-state index is 12.4. The first-order valence-corrected chi connectivity index (χ1v) is 9.60. The van der Waals surface area contributed by atoms with E-state index in [1.807, 2.05) is 6.92 Å². The normalized spacial score (nSPS) is 13.9. The summed E-state index contributed by atoms with van der Waals surface area (Å²) < 4.78 is 10.6. The number of rotatable bonds is 4. The van der Waals surface area contributed by atoms with E-state index < -0.39 is 11.6 Å². The van der Waals surface area contributed by atoms with Crippen molar-refractivity contribution in [1.82, 2.24) is 0 Å². The molecule has 148 valence electrons. The molecule has 29 heavy (non-hydrogen) atoms. The molecule has 0 bridgehead atoms. The van der Waals surface area contributed by atoms with Gasteiger partial charge < -0.3 is 14.1 Å². The summed E-state index contributed by atoms with van der Waals surface area (Å²) in [6.45, 7) is 2.41. The smallest absolute Gasteiger partial charge is 0.338 e. The lowest BCUT2D eigenvalue weighted by Gasteiger charge is -2.15. The molecule has 2 heterocycles. The second-order valence-electron chi connectivity index (χ2n) is 6.96. The van der Waals surface area contributed by atoms with E-state index in [2.05, 4.69) is 0 Å². The Labute approximate surface area is 171 Å². The van der Waals surface area contributed by atoms with Crippen LogP contribution in [-0.4, -0.2) is 18.4 Å². The molecule has 7 heteroatoms. The van der Waals surface area contributed by atoms with Gasteiger partial charge in [0.15, 0.2) is 0 Å². The van der Waals surface area contributed by atoms with Crippen LogP contribution in [0.15, 0.2) is 51.7 Å². The average Bonchev–Trinajstić information content (AvgIpc) is 3.13. The van der Waals surface area contributed by atoms with Gasteiger partial charge in [0.05, 0.1) is 5.56 Å². The van der Waals surface area contributed by atoms with Crippen LogP contribution in [0, 0.1) is 6.92 Å². The molecule has 1 saturated heterocycles. The highest BCUT2D eigenvalue weighted by Crippen LogP contribution is 2.26. The fourth-order valence-corrected chi connectivity index (χ4v) is 3.56. The number of benzene rings is 2. The monoisotopic (exact) mass is 411 g/mol. The largest absolute Gasteiger partial charge is 0.457 e. The zero-order valence-corrected chi connectivity index (χ0v) is 16.5. The Morgan fingerprint density at radius 3 is 2.62 bits per heavy atom. The summed E-state index contributed by atoms with van der Waals surface area (Å²) in [4.78, 5) is 37.8. The van der Waals surface area contributed by atoms with Crippen LogP contribution in [0.4, 0.5) is 5.69 Å². The molecule has 0 aliphatic carbocycles. The Bertz CT molecular complexity index is 1170. The summed E-state index contributed by atoms with van der Waals surface area (Å²) in [7, 11) is 0. The molecule has 1 aliphatic rings. The molecule has 0 spiro atoms. The van der Waals surface area contributed by atoms with Crippen LogP contribution in [0.5, 0.6) is 0 Å². The Morgan fingerprint density at radius 2 is 1.93 bits per heavy atom. The number of ether oxygens (including phenoxy) is 1. The van der Waals surface area contributed by atoms with E-state index in [-0.39, 0.29) is 12.5 Å². The van der Waals surface area contributed by atoms with Gasteiger partial charge in [0.1, 0.15) is 12.2 Å². The van der Waals surface area contributed by atoms with Crippen molar-refractivity contribution < 1.29 is 18.7 Å². The van der Waals surface area contributed by atoms with Crippen LogP contribution in [0.1, 0.15) is 34.3 Å². The Hall–Kier alpha value is -3.12. The minimum Gasteiger partial charge on any atom is -0.457 e. The molecule has 1 amide bonds. The predicted molar refractivity (Wildman–Crippen MR) is 109 cm³/mol. The highest BCUT2D eigenvalue weighted by atomic mass is 35.5. The minimum absolute atomic E-state index is 0.0870. The molecule has 0 unspecified atom stereocenters. The van der Waals surface area contributed by atoms with Crippen molar-refractivity contribution in [3.8, 4) is 0 Å². The van der Waals surface area contributed by atoms with Gasteiger partial charge in [-0.25, -0.2) is 9.59 Å². The van der Waals surface area contributed by atoms with Crippen LogP contribution in [0.25, 0.3) is 11.0 Å². The number of hydrogen-bond acceptors (Lipinski definition) is 5. The van der Waals surface area contributed by atoms with Crippen LogP contribution in [0.2, 0.25) is 5.02 Å². The number of anilines is 1. The molecule has 1 aliphatic heterocycles. The third kappa shape index (κ3) is 3.89. The average molecular weight is 412 g/mol. The third-order valence-corrected chi connectivity index (χ3v) is 5.36. The first-order valence-electron chi connectivity index (χ1n) is 9.23. The summed E-state index contributed by atoms with van der Waals surface area (Å²) in [5, 5.41) is 1.15. The standard InChI is InChI=1S/C22H18ClNO5/c1-13-9-19-17(11-18(13)23)15(10-21(26)29-19)12-28-22(27)14-4-6-16(7-5-14)24-8-2-3-20(24)25/h4-7,9-11H,2-3,8,12H2,1H3. The number of fused-ring (bicyclic) bond motifs is 1. The molecular weight excluding hydrogens is 394 g/mol. The Balaban J connectivity index is 1.52. The highest BCUT2D eigenvalue weighted by molar-refractivity contribution is 6.32. The maximum Gasteiger partial charge on any atom is 0.338 e. The van der Waals surface area contributed by atoms with Gasteiger partial charge in [0.25, 0.3) is 0 Å². The number of esters is 1. The van der Waals surface area contributed by atoms with Crippen molar-refractivity contribution in [1.29, 1.82) is 0 Å². The molecule has 4 rings (SSSR count). The van der Waals surface area contributed by atoms with Crippen molar-refractivity contribution in [2.75, 3.05) is 11.4 Å². The van der Waals surface area contributed by atoms with Gasteiger partial charge in [0, 0.05) is 40.7 Å². The highest BCUT2D eigenvalue weighted by Gasteiger charge is 2.22. The topological polar surface area (TPSA) is 76.8 Å². The van der Waals surface area contributed by atoms with Crippen LogP contribution >= 0.6 is 11.6 Å². The number of carbonyl (C=O) groups excluding carboxylic acids is 2. The maximum absolute atomic E-state index is 12.4. The van der Waals surface area contributed by atoms with Gasteiger partial charge in [-0.3, -0.25) is 4.79 Å². The second-order valence-corrected chi connectivity index (χ2v) is 7.37. The molecule has 3 aromatic rings.